The molecule has 0 N–H and O–H groups in total. The molecule has 27 heavy (non-hydrogen) atoms. The number of esters is 1. The molecule has 1 aromatic carbocycles. The van der Waals surface area contributed by atoms with Crippen LogP contribution in [-0.2, 0) is 19.4 Å². The van der Waals surface area contributed by atoms with Crippen molar-refractivity contribution in [2.75, 3.05) is 24.7 Å². The first kappa shape index (κ1) is 20.4. The van der Waals surface area contributed by atoms with Crippen molar-refractivity contribution in [2.24, 2.45) is 0 Å². The van der Waals surface area contributed by atoms with Gasteiger partial charge in [0.25, 0.3) is 5.91 Å². The van der Waals surface area contributed by atoms with E-state index in [1.165, 1.54) is 4.90 Å². The molecular formula is C17H17Cl2NO5S2. The lowest BCUT2D eigenvalue weighted by Crippen LogP contribution is -2.43. The molecule has 1 aromatic heterocycles. The molecule has 3 rings (SSSR count). The van der Waals surface area contributed by atoms with Crippen LogP contribution in [0.3, 0.4) is 0 Å². The lowest BCUT2D eigenvalue weighted by molar-refractivity contribution is -0.136. The molecule has 146 valence electrons. The number of carbonyl (C=O) groups excluding carboxylic acids is 2. The van der Waals surface area contributed by atoms with E-state index in [0.29, 0.717) is 23.4 Å². The maximum absolute atomic E-state index is 12.4. The lowest BCUT2D eigenvalue weighted by Gasteiger charge is -2.26. The Kier molecular flexibility index (Phi) is 6.00. The van der Waals surface area contributed by atoms with Crippen LogP contribution >= 0.6 is 34.5 Å². The zero-order chi connectivity index (χ0) is 19.8. The molecule has 1 amide bonds. The predicted octanol–water partition coefficient (Wildman–Crippen LogP) is 3.40. The van der Waals surface area contributed by atoms with E-state index in [0.717, 1.165) is 16.0 Å². The summed E-state index contributed by atoms with van der Waals surface area (Å²) in [5.74, 6) is -1.10. The first-order valence-electron chi connectivity index (χ1n) is 8.26. The van der Waals surface area contributed by atoms with Crippen LogP contribution in [0.4, 0.5) is 0 Å². The van der Waals surface area contributed by atoms with Crippen molar-refractivity contribution >= 4 is 66.3 Å². The summed E-state index contributed by atoms with van der Waals surface area (Å²) in [7, 11) is -3.11. The molecule has 0 bridgehead atoms. The molecule has 0 spiro atoms. The Bertz CT molecular complexity index is 1000. The molecule has 1 aliphatic rings. The Balaban J connectivity index is 1.68. The van der Waals surface area contributed by atoms with Crippen LogP contribution in [0.1, 0.15) is 23.0 Å². The number of carbonyl (C=O) groups is 2. The predicted molar refractivity (Wildman–Crippen MR) is 107 cm³/mol. The number of hydrogen-bond acceptors (Lipinski definition) is 6. The minimum Gasteiger partial charge on any atom is -0.451 e. The minimum absolute atomic E-state index is 0.0522. The molecule has 10 heteroatoms. The van der Waals surface area contributed by atoms with Gasteiger partial charge in [0.2, 0.25) is 0 Å². The van der Waals surface area contributed by atoms with Crippen LogP contribution in [0.25, 0.3) is 10.1 Å². The lowest BCUT2D eigenvalue weighted by atomic mass is 10.2. The first-order chi connectivity index (χ1) is 12.7. The van der Waals surface area contributed by atoms with Gasteiger partial charge in [0.1, 0.15) is 4.88 Å². The largest absolute Gasteiger partial charge is 0.451 e. The van der Waals surface area contributed by atoms with Crippen molar-refractivity contribution < 1.29 is 22.7 Å². The molecule has 1 unspecified atom stereocenters. The van der Waals surface area contributed by atoms with Crippen LogP contribution in [0.2, 0.25) is 10.0 Å². The van der Waals surface area contributed by atoms with Gasteiger partial charge in [-0.3, -0.25) is 4.79 Å². The average molecular weight is 450 g/mol. The van der Waals surface area contributed by atoms with E-state index < -0.39 is 28.3 Å². The van der Waals surface area contributed by atoms with Crippen LogP contribution in [0.5, 0.6) is 0 Å². The third-order valence-electron chi connectivity index (χ3n) is 4.41. The van der Waals surface area contributed by atoms with Gasteiger partial charge in [-0.05, 0) is 25.5 Å². The SMILES string of the molecule is CCN(C(=O)COC(=O)c1sc2cc(Cl)ccc2c1Cl)C1CCS(=O)(=O)C1. The normalized spacial score (nSPS) is 18.6. The van der Waals surface area contributed by atoms with Gasteiger partial charge in [0, 0.05) is 27.7 Å². The Morgan fingerprint density at radius 3 is 2.70 bits per heavy atom. The van der Waals surface area contributed by atoms with Gasteiger partial charge < -0.3 is 9.64 Å². The van der Waals surface area contributed by atoms with E-state index in [1.807, 2.05) is 0 Å². The molecular weight excluding hydrogens is 433 g/mol. The van der Waals surface area contributed by atoms with Crippen molar-refractivity contribution in [2.45, 2.75) is 19.4 Å². The molecule has 6 nitrogen and oxygen atoms in total. The number of sulfone groups is 1. The van der Waals surface area contributed by atoms with Gasteiger partial charge in [-0.2, -0.15) is 0 Å². The fourth-order valence-corrected chi connectivity index (χ4v) is 6.51. The van der Waals surface area contributed by atoms with Gasteiger partial charge in [0.15, 0.2) is 16.4 Å². The van der Waals surface area contributed by atoms with E-state index in [4.69, 9.17) is 27.9 Å². The van der Waals surface area contributed by atoms with Crippen molar-refractivity contribution in [1.82, 2.24) is 4.90 Å². The number of fused-ring (bicyclic) bond motifs is 1. The number of rotatable bonds is 5. The molecule has 1 fully saturated rings. The standard InChI is InChI=1S/C17H17Cl2NO5S2/c1-2-20(11-5-6-27(23,24)9-11)14(21)8-25-17(22)16-15(19)12-4-3-10(18)7-13(12)26-16/h3-4,7,11H,2,5-6,8-9H2,1H3. The molecule has 2 heterocycles. The van der Waals surface area contributed by atoms with Crippen LogP contribution in [-0.4, -0.2) is 55.9 Å². The third kappa shape index (κ3) is 4.39. The maximum atomic E-state index is 12.4. The zero-order valence-corrected chi connectivity index (χ0v) is 17.6. The number of amides is 1. The molecule has 0 aliphatic carbocycles. The number of benzene rings is 1. The minimum atomic E-state index is -3.11. The number of thiophene rings is 1. The fraction of sp³-hybridized carbons (Fsp3) is 0.412. The number of nitrogens with zero attached hydrogens (tertiary/aromatic N) is 1. The van der Waals surface area contributed by atoms with Crippen molar-refractivity contribution in [1.29, 1.82) is 0 Å². The fourth-order valence-electron chi connectivity index (χ4n) is 3.11. The van der Waals surface area contributed by atoms with Crippen molar-refractivity contribution in [3.63, 3.8) is 0 Å². The second-order valence-electron chi connectivity index (χ2n) is 6.20. The van der Waals surface area contributed by atoms with Gasteiger partial charge >= 0.3 is 5.97 Å². The molecule has 1 aliphatic heterocycles. The smallest absolute Gasteiger partial charge is 0.350 e. The van der Waals surface area contributed by atoms with Gasteiger partial charge in [0.05, 0.1) is 16.5 Å². The highest BCUT2D eigenvalue weighted by molar-refractivity contribution is 7.91. The van der Waals surface area contributed by atoms with E-state index in [1.54, 1.807) is 25.1 Å². The summed E-state index contributed by atoms with van der Waals surface area (Å²) in [5, 5.41) is 1.48. The van der Waals surface area contributed by atoms with Crippen LogP contribution in [0.15, 0.2) is 18.2 Å². The molecule has 2 aromatic rings. The topological polar surface area (TPSA) is 80.8 Å². The van der Waals surface area contributed by atoms with E-state index in [9.17, 15) is 18.0 Å². The Morgan fingerprint density at radius 2 is 2.07 bits per heavy atom. The number of likely N-dealkylation sites (N-methyl/N-ethyl adjacent to an activating group) is 1. The maximum Gasteiger partial charge on any atom is 0.350 e. The first-order valence-corrected chi connectivity index (χ1v) is 11.7. The van der Waals surface area contributed by atoms with Crippen molar-refractivity contribution in [3.05, 3.63) is 33.1 Å². The molecule has 0 saturated carbocycles. The van der Waals surface area contributed by atoms with E-state index >= 15 is 0 Å². The molecule has 1 atom stereocenters. The quantitative estimate of drug-likeness (QED) is 0.653. The summed E-state index contributed by atoms with van der Waals surface area (Å²) in [5.41, 5.74) is 0. The Morgan fingerprint density at radius 1 is 1.33 bits per heavy atom. The highest BCUT2D eigenvalue weighted by Crippen LogP contribution is 2.37. The van der Waals surface area contributed by atoms with E-state index in [2.05, 4.69) is 0 Å². The number of halogens is 2. The number of ether oxygens (including phenoxy) is 1. The second-order valence-corrected chi connectivity index (χ2v) is 10.3. The highest BCUT2D eigenvalue weighted by atomic mass is 35.5. The van der Waals surface area contributed by atoms with Gasteiger partial charge in [-0.15, -0.1) is 11.3 Å². The summed E-state index contributed by atoms with van der Waals surface area (Å²) < 4.78 is 29.2. The van der Waals surface area contributed by atoms with Gasteiger partial charge in [-0.1, -0.05) is 29.3 Å². The summed E-state index contributed by atoms with van der Waals surface area (Å²) in [6, 6.07) is 4.73. The Labute approximate surface area is 170 Å². The molecule has 0 radical (unpaired) electrons. The summed E-state index contributed by atoms with van der Waals surface area (Å²) in [4.78, 5) is 26.4. The van der Waals surface area contributed by atoms with Gasteiger partial charge in [-0.25, -0.2) is 13.2 Å². The van der Waals surface area contributed by atoms with Crippen LogP contribution in [0, 0.1) is 0 Å². The Hall–Kier alpha value is -1.35. The monoisotopic (exact) mass is 449 g/mol. The molecule has 1 saturated heterocycles. The number of hydrogen-bond donors (Lipinski definition) is 0. The average Bonchev–Trinajstić information content (AvgIpc) is 3.13. The van der Waals surface area contributed by atoms with E-state index in [-0.39, 0.29) is 27.4 Å². The third-order valence-corrected chi connectivity index (χ3v) is 8.04. The summed E-state index contributed by atoms with van der Waals surface area (Å²) in [6.45, 7) is 1.64. The summed E-state index contributed by atoms with van der Waals surface area (Å²) in [6.07, 6.45) is 0.402. The second kappa shape index (κ2) is 7.95. The zero-order valence-electron chi connectivity index (χ0n) is 14.4. The van der Waals surface area contributed by atoms with Crippen LogP contribution < -0.4 is 0 Å². The summed E-state index contributed by atoms with van der Waals surface area (Å²) >= 11 is 13.3. The van der Waals surface area contributed by atoms with Crippen molar-refractivity contribution in [3.8, 4) is 0 Å². The highest BCUT2D eigenvalue weighted by Gasteiger charge is 2.34.